The second-order valence-corrected chi connectivity index (χ2v) is 7.04. The van der Waals surface area contributed by atoms with Gasteiger partial charge in [0.25, 0.3) is 0 Å². The molecule has 1 atom stereocenters. The highest BCUT2D eigenvalue weighted by Gasteiger charge is 2.24. The van der Waals surface area contributed by atoms with E-state index in [0.29, 0.717) is 43.4 Å². The van der Waals surface area contributed by atoms with Crippen molar-refractivity contribution < 1.29 is 4.74 Å². The van der Waals surface area contributed by atoms with Crippen molar-refractivity contribution in [2.75, 3.05) is 43.1 Å². The number of ether oxygens (including phenoxy) is 1. The topological polar surface area (TPSA) is 106 Å². The maximum Gasteiger partial charge on any atom is 0.228 e. The number of rotatable bonds is 7. The predicted octanol–water partition coefficient (Wildman–Crippen LogP) is 1.50. The van der Waals surface area contributed by atoms with Crippen LogP contribution in [0.4, 0.5) is 17.6 Å². The van der Waals surface area contributed by atoms with E-state index in [2.05, 4.69) is 32.4 Å². The molecule has 0 saturated carbocycles. The molecule has 2 N–H and O–H groups in total. The summed E-state index contributed by atoms with van der Waals surface area (Å²) < 4.78 is 7.44. The monoisotopic (exact) mass is 397 g/mol. The summed E-state index contributed by atoms with van der Waals surface area (Å²) in [4.78, 5) is 20.3. The Labute approximate surface area is 169 Å². The zero-order chi connectivity index (χ0) is 20.2. The third-order valence-corrected chi connectivity index (χ3v) is 4.98. The zero-order valence-corrected chi connectivity index (χ0v) is 17.1. The average Bonchev–Trinajstić information content (AvgIpc) is 3.05. The van der Waals surface area contributed by atoms with Crippen molar-refractivity contribution in [2.45, 2.75) is 33.4 Å². The van der Waals surface area contributed by atoms with Crippen LogP contribution in [0.1, 0.15) is 19.5 Å². The van der Waals surface area contributed by atoms with Gasteiger partial charge in [-0.15, -0.1) is 0 Å². The fourth-order valence-corrected chi connectivity index (χ4v) is 3.52. The minimum atomic E-state index is 0.307. The van der Waals surface area contributed by atoms with Crippen molar-refractivity contribution in [3.05, 3.63) is 24.3 Å². The van der Waals surface area contributed by atoms with E-state index in [1.807, 2.05) is 24.6 Å². The molecule has 1 saturated heterocycles. The number of aromatic nitrogens is 6. The summed E-state index contributed by atoms with van der Waals surface area (Å²) in [6.45, 7) is 10.7. The summed E-state index contributed by atoms with van der Waals surface area (Å²) in [6.07, 6.45) is 3.21. The van der Waals surface area contributed by atoms with E-state index in [-0.39, 0.29) is 0 Å². The molecule has 154 valence electrons. The van der Waals surface area contributed by atoms with Gasteiger partial charge in [0, 0.05) is 38.5 Å². The number of nitrogens with zero attached hydrogens (tertiary/aromatic N) is 7. The molecule has 1 fully saturated rings. The van der Waals surface area contributed by atoms with Crippen molar-refractivity contribution in [2.24, 2.45) is 0 Å². The van der Waals surface area contributed by atoms with Crippen molar-refractivity contribution in [1.29, 1.82) is 0 Å². The van der Waals surface area contributed by atoms with Crippen molar-refractivity contribution in [3.8, 4) is 0 Å². The normalized spacial score (nSPS) is 17.1. The van der Waals surface area contributed by atoms with Gasteiger partial charge in [-0.2, -0.15) is 10.1 Å². The Kier molecular flexibility index (Phi) is 5.81. The lowest BCUT2D eigenvalue weighted by molar-refractivity contribution is 0.137. The zero-order valence-electron chi connectivity index (χ0n) is 17.1. The molecule has 0 bridgehead atoms. The summed E-state index contributed by atoms with van der Waals surface area (Å²) in [6, 6.07) is 2.12. The lowest BCUT2D eigenvalue weighted by Crippen LogP contribution is -2.50. The van der Waals surface area contributed by atoms with E-state index in [0.717, 1.165) is 36.4 Å². The first-order chi connectivity index (χ1) is 14.2. The van der Waals surface area contributed by atoms with Crippen LogP contribution in [0.2, 0.25) is 0 Å². The van der Waals surface area contributed by atoms with Crippen LogP contribution in [-0.4, -0.2) is 68.6 Å². The molecule has 0 radical (unpaired) electrons. The molecule has 0 unspecified atom stereocenters. The van der Waals surface area contributed by atoms with Crippen LogP contribution >= 0.6 is 0 Å². The maximum atomic E-state index is 5.53. The Balaban J connectivity index is 1.79. The first kappa shape index (κ1) is 19.5. The van der Waals surface area contributed by atoms with Crippen LogP contribution in [0, 0.1) is 6.92 Å². The van der Waals surface area contributed by atoms with Gasteiger partial charge in [-0.3, -0.25) is 4.68 Å². The lowest BCUT2D eigenvalue weighted by atomic mass is 10.2. The predicted molar refractivity (Wildman–Crippen MR) is 112 cm³/mol. The quantitative estimate of drug-likeness (QED) is 0.574. The molecule has 10 heteroatoms. The third kappa shape index (κ3) is 4.13. The average molecular weight is 397 g/mol. The van der Waals surface area contributed by atoms with E-state index in [9.17, 15) is 0 Å². The van der Waals surface area contributed by atoms with E-state index in [4.69, 9.17) is 19.8 Å². The number of hydrogen-bond donors (Lipinski definition) is 2. The summed E-state index contributed by atoms with van der Waals surface area (Å²) in [5.74, 6) is 2.07. The highest BCUT2D eigenvalue weighted by atomic mass is 16.5. The van der Waals surface area contributed by atoms with Crippen LogP contribution in [0.15, 0.2) is 18.6 Å². The Morgan fingerprint density at radius 1 is 1.34 bits per heavy atom. The summed E-state index contributed by atoms with van der Waals surface area (Å²) in [5.41, 5.74) is 2.56. The second-order valence-electron chi connectivity index (χ2n) is 7.04. The van der Waals surface area contributed by atoms with Gasteiger partial charge in [0.2, 0.25) is 5.95 Å². The van der Waals surface area contributed by atoms with E-state index in [1.165, 1.54) is 6.33 Å². The molecule has 3 aromatic rings. The number of piperazine rings is 1. The molecule has 0 aliphatic carbocycles. The Hall–Kier alpha value is -2.85. The van der Waals surface area contributed by atoms with Gasteiger partial charge in [0.15, 0.2) is 5.82 Å². The molecule has 29 heavy (non-hydrogen) atoms. The molecule has 0 amide bonds. The van der Waals surface area contributed by atoms with E-state index < -0.39 is 0 Å². The Morgan fingerprint density at radius 3 is 3.00 bits per heavy atom. The molecule has 0 spiro atoms. The summed E-state index contributed by atoms with van der Waals surface area (Å²) >= 11 is 0. The molecular weight excluding hydrogens is 370 g/mol. The van der Waals surface area contributed by atoms with Crippen molar-refractivity contribution in [1.82, 2.24) is 35.0 Å². The van der Waals surface area contributed by atoms with Crippen molar-refractivity contribution in [3.63, 3.8) is 0 Å². The van der Waals surface area contributed by atoms with E-state index >= 15 is 0 Å². The second kappa shape index (κ2) is 8.66. The van der Waals surface area contributed by atoms with Gasteiger partial charge < -0.3 is 20.3 Å². The standard InChI is InChI=1S/C19H27N9O/c1-4-29-10-9-28-17-16(14(3)26-28)24-19(27-8-7-20-11-13(27)2)25-18(17)23-15-5-6-21-12-22-15/h5-6,12-13,20H,4,7-11H2,1-3H3,(H,21,22,23,24,25)/t13-/m0/s1. The van der Waals surface area contributed by atoms with Crippen LogP contribution < -0.4 is 15.5 Å². The lowest BCUT2D eigenvalue weighted by Gasteiger charge is -2.34. The molecule has 3 aromatic heterocycles. The largest absolute Gasteiger partial charge is 0.380 e. The summed E-state index contributed by atoms with van der Waals surface area (Å²) in [5, 5.41) is 11.4. The molecule has 1 aliphatic rings. The SMILES string of the molecule is CCOCCn1nc(C)c2nc(N3CCNC[C@@H]3C)nc(Nc3ccncn3)c21. The number of fused-ring (bicyclic) bond motifs is 1. The van der Waals surface area contributed by atoms with Crippen molar-refractivity contribution >= 4 is 28.6 Å². The minimum Gasteiger partial charge on any atom is -0.380 e. The van der Waals surface area contributed by atoms with Gasteiger partial charge >= 0.3 is 0 Å². The number of nitrogens with one attached hydrogen (secondary N) is 2. The number of anilines is 3. The fraction of sp³-hybridized carbons (Fsp3) is 0.526. The molecule has 1 aliphatic heterocycles. The maximum absolute atomic E-state index is 5.53. The fourth-order valence-electron chi connectivity index (χ4n) is 3.52. The highest BCUT2D eigenvalue weighted by Crippen LogP contribution is 2.28. The molecule has 4 heterocycles. The van der Waals surface area contributed by atoms with Gasteiger partial charge in [-0.05, 0) is 26.8 Å². The van der Waals surface area contributed by atoms with E-state index in [1.54, 1.807) is 6.20 Å². The Morgan fingerprint density at radius 2 is 2.24 bits per heavy atom. The van der Waals surface area contributed by atoms with Crippen LogP contribution in [0.5, 0.6) is 0 Å². The van der Waals surface area contributed by atoms with Crippen LogP contribution in [-0.2, 0) is 11.3 Å². The number of aryl methyl sites for hydroxylation is 1. The van der Waals surface area contributed by atoms with Gasteiger partial charge in [-0.1, -0.05) is 0 Å². The van der Waals surface area contributed by atoms with Gasteiger partial charge in [0.05, 0.1) is 18.8 Å². The van der Waals surface area contributed by atoms with Crippen LogP contribution in [0.3, 0.4) is 0 Å². The molecule has 10 nitrogen and oxygen atoms in total. The summed E-state index contributed by atoms with van der Waals surface area (Å²) in [7, 11) is 0. The smallest absolute Gasteiger partial charge is 0.228 e. The minimum absolute atomic E-state index is 0.307. The first-order valence-corrected chi connectivity index (χ1v) is 10.0. The molecule has 4 rings (SSSR count). The Bertz CT molecular complexity index is 959. The highest BCUT2D eigenvalue weighted by molar-refractivity contribution is 5.90. The first-order valence-electron chi connectivity index (χ1n) is 10.0. The third-order valence-electron chi connectivity index (χ3n) is 4.98. The molecule has 0 aromatic carbocycles. The van der Waals surface area contributed by atoms with Gasteiger partial charge in [0.1, 0.15) is 23.2 Å². The number of hydrogen-bond acceptors (Lipinski definition) is 9. The molecular formula is C19H27N9O. The van der Waals surface area contributed by atoms with Crippen LogP contribution in [0.25, 0.3) is 11.0 Å². The van der Waals surface area contributed by atoms with Gasteiger partial charge in [-0.25, -0.2) is 15.0 Å².